The first-order chi connectivity index (χ1) is 11.7. The van der Waals surface area contributed by atoms with Crippen LogP contribution < -0.4 is 4.74 Å². The van der Waals surface area contributed by atoms with Crippen molar-refractivity contribution in [3.63, 3.8) is 0 Å². The van der Waals surface area contributed by atoms with E-state index in [4.69, 9.17) is 4.74 Å². The van der Waals surface area contributed by atoms with Gasteiger partial charge in [0.15, 0.2) is 0 Å². The Morgan fingerprint density at radius 1 is 1.04 bits per heavy atom. The lowest BCUT2D eigenvalue weighted by Crippen LogP contribution is -2.51. The van der Waals surface area contributed by atoms with Gasteiger partial charge in [0, 0.05) is 26.2 Å². The number of nitrogens with zero attached hydrogens (tertiary/aromatic N) is 2. The van der Waals surface area contributed by atoms with Gasteiger partial charge in [-0.3, -0.25) is 4.79 Å². The molecule has 1 aliphatic rings. The minimum atomic E-state index is -3.00. The van der Waals surface area contributed by atoms with Crippen LogP contribution in [0.3, 0.4) is 0 Å². The molecule has 1 heterocycles. The summed E-state index contributed by atoms with van der Waals surface area (Å²) in [4.78, 5) is 27.6. The highest BCUT2D eigenvalue weighted by Crippen LogP contribution is 2.22. The Labute approximate surface area is 145 Å². The van der Waals surface area contributed by atoms with Crippen LogP contribution in [0, 0.1) is 0 Å². The molecule has 8 heteroatoms. The lowest BCUT2D eigenvalue weighted by molar-refractivity contribution is -0.0503. The molecule has 2 amide bonds. The third-order valence-electron chi connectivity index (χ3n) is 3.55. The predicted molar refractivity (Wildman–Crippen MR) is 86.8 cm³/mol. The van der Waals surface area contributed by atoms with Crippen molar-refractivity contribution < 1.29 is 27.8 Å². The zero-order chi connectivity index (χ0) is 18.6. The number of para-hydroxylation sites is 1. The molecule has 6 nitrogen and oxygen atoms in total. The van der Waals surface area contributed by atoms with E-state index in [9.17, 15) is 18.4 Å². The second-order valence-corrected chi connectivity index (χ2v) is 6.63. The van der Waals surface area contributed by atoms with Gasteiger partial charge >= 0.3 is 12.7 Å². The van der Waals surface area contributed by atoms with Crippen LogP contribution in [0.2, 0.25) is 0 Å². The van der Waals surface area contributed by atoms with Crippen LogP contribution in [0.15, 0.2) is 24.3 Å². The van der Waals surface area contributed by atoms with Gasteiger partial charge in [0.05, 0.1) is 5.56 Å². The summed E-state index contributed by atoms with van der Waals surface area (Å²) in [7, 11) is 0. The number of hydrogen-bond donors (Lipinski definition) is 0. The second-order valence-electron chi connectivity index (χ2n) is 6.63. The summed E-state index contributed by atoms with van der Waals surface area (Å²) in [5.41, 5.74) is -0.510. The van der Waals surface area contributed by atoms with Crippen molar-refractivity contribution in [2.24, 2.45) is 0 Å². The summed E-state index contributed by atoms with van der Waals surface area (Å²) in [5.74, 6) is -0.558. The smallest absolute Gasteiger partial charge is 0.410 e. The number of carbonyl (C=O) groups is 2. The zero-order valence-corrected chi connectivity index (χ0v) is 14.5. The first kappa shape index (κ1) is 19.0. The number of benzene rings is 1. The summed E-state index contributed by atoms with van der Waals surface area (Å²) in [5, 5.41) is 0. The van der Waals surface area contributed by atoms with Gasteiger partial charge in [0.25, 0.3) is 5.91 Å². The van der Waals surface area contributed by atoms with Crippen molar-refractivity contribution in [3.8, 4) is 5.75 Å². The van der Waals surface area contributed by atoms with Gasteiger partial charge in [-0.2, -0.15) is 8.78 Å². The minimum absolute atomic E-state index is 0.0773. The molecule has 138 valence electrons. The summed E-state index contributed by atoms with van der Waals surface area (Å²) in [6.45, 7) is 3.57. The lowest BCUT2D eigenvalue weighted by Gasteiger charge is -2.35. The van der Waals surface area contributed by atoms with E-state index in [1.165, 1.54) is 28.0 Å². The van der Waals surface area contributed by atoms with Crippen LogP contribution in [0.1, 0.15) is 31.1 Å². The maximum Gasteiger partial charge on any atom is 0.410 e. The van der Waals surface area contributed by atoms with Gasteiger partial charge in [-0.1, -0.05) is 12.1 Å². The van der Waals surface area contributed by atoms with Gasteiger partial charge in [-0.05, 0) is 32.9 Å². The first-order valence-electron chi connectivity index (χ1n) is 7.98. The first-order valence-corrected chi connectivity index (χ1v) is 7.98. The third kappa shape index (κ3) is 5.30. The molecule has 0 saturated carbocycles. The molecular formula is C17H22F2N2O4. The molecular weight excluding hydrogens is 334 g/mol. The number of hydrogen-bond acceptors (Lipinski definition) is 4. The fraction of sp³-hybridized carbons (Fsp3) is 0.529. The Morgan fingerprint density at radius 3 is 2.16 bits per heavy atom. The molecule has 0 unspecified atom stereocenters. The van der Waals surface area contributed by atoms with Crippen molar-refractivity contribution in [3.05, 3.63) is 29.8 Å². The van der Waals surface area contributed by atoms with Crippen LogP contribution in [0.5, 0.6) is 5.75 Å². The molecule has 0 N–H and O–H groups in total. The number of alkyl halides is 2. The van der Waals surface area contributed by atoms with Crippen LogP contribution in [-0.2, 0) is 4.74 Å². The molecule has 0 bridgehead atoms. The van der Waals surface area contributed by atoms with Gasteiger partial charge in [0.1, 0.15) is 11.4 Å². The van der Waals surface area contributed by atoms with Gasteiger partial charge in [-0.15, -0.1) is 0 Å². The van der Waals surface area contributed by atoms with E-state index < -0.39 is 24.2 Å². The fourth-order valence-electron chi connectivity index (χ4n) is 2.43. The molecule has 0 aromatic heterocycles. The maximum absolute atomic E-state index is 12.6. The van der Waals surface area contributed by atoms with E-state index in [0.717, 1.165) is 0 Å². The van der Waals surface area contributed by atoms with Crippen molar-refractivity contribution in [1.29, 1.82) is 0 Å². The van der Waals surface area contributed by atoms with Gasteiger partial charge in [0.2, 0.25) is 0 Å². The average Bonchev–Trinajstić information content (AvgIpc) is 2.53. The van der Waals surface area contributed by atoms with Crippen LogP contribution in [0.4, 0.5) is 13.6 Å². The van der Waals surface area contributed by atoms with Gasteiger partial charge in [-0.25, -0.2) is 4.79 Å². The zero-order valence-electron chi connectivity index (χ0n) is 14.5. The number of halogens is 2. The normalized spacial score (nSPS) is 15.3. The molecule has 0 spiro atoms. The van der Waals surface area contributed by atoms with Crippen LogP contribution >= 0.6 is 0 Å². The van der Waals surface area contributed by atoms with E-state index >= 15 is 0 Å². The van der Waals surface area contributed by atoms with Crippen LogP contribution in [0.25, 0.3) is 0 Å². The highest BCUT2D eigenvalue weighted by Gasteiger charge is 2.29. The van der Waals surface area contributed by atoms with Crippen molar-refractivity contribution in [2.75, 3.05) is 26.2 Å². The highest BCUT2D eigenvalue weighted by molar-refractivity contribution is 5.97. The van der Waals surface area contributed by atoms with E-state index in [1.807, 2.05) is 0 Å². The Bertz CT molecular complexity index is 623. The molecule has 1 aromatic rings. The number of carbonyl (C=O) groups excluding carboxylic acids is 2. The van der Waals surface area contributed by atoms with E-state index in [-0.39, 0.29) is 11.3 Å². The number of ether oxygens (including phenoxy) is 2. The molecule has 0 atom stereocenters. The Hall–Kier alpha value is -2.38. The molecule has 0 radical (unpaired) electrons. The second kappa shape index (κ2) is 7.67. The monoisotopic (exact) mass is 356 g/mol. The predicted octanol–water partition coefficient (Wildman–Crippen LogP) is 2.98. The van der Waals surface area contributed by atoms with E-state index in [2.05, 4.69) is 4.74 Å². The molecule has 0 aliphatic carbocycles. The SMILES string of the molecule is CC(C)(C)OC(=O)N1CCN(C(=O)c2ccccc2OC(F)F)CC1. The number of amides is 2. The Morgan fingerprint density at radius 2 is 1.60 bits per heavy atom. The van der Waals surface area contributed by atoms with Crippen molar-refractivity contribution in [1.82, 2.24) is 9.80 Å². The molecule has 1 aromatic carbocycles. The minimum Gasteiger partial charge on any atom is -0.444 e. The summed E-state index contributed by atoms with van der Waals surface area (Å²) >= 11 is 0. The largest absolute Gasteiger partial charge is 0.444 e. The Kier molecular flexibility index (Phi) is 5.81. The molecule has 1 fully saturated rings. The topological polar surface area (TPSA) is 59.1 Å². The number of piperazine rings is 1. The number of rotatable bonds is 3. The highest BCUT2D eigenvalue weighted by atomic mass is 19.3. The molecule has 2 rings (SSSR count). The molecule has 1 aliphatic heterocycles. The Balaban J connectivity index is 1.99. The van der Waals surface area contributed by atoms with E-state index in [0.29, 0.717) is 26.2 Å². The van der Waals surface area contributed by atoms with Crippen molar-refractivity contribution in [2.45, 2.75) is 33.0 Å². The maximum atomic E-state index is 12.6. The quantitative estimate of drug-likeness (QED) is 0.835. The van der Waals surface area contributed by atoms with Crippen molar-refractivity contribution >= 4 is 12.0 Å². The lowest BCUT2D eigenvalue weighted by atomic mass is 10.1. The summed E-state index contributed by atoms with van der Waals surface area (Å²) in [6, 6.07) is 5.88. The average molecular weight is 356 g/mol. The van der Waals surface area contributed by atoms with E-state index in [1.54, 1.807) is 26.8 Å². The molecule has 1 saturated heterocycles. The third-order valence-corrected chi connectivity index (χ3v) is 3.55. The fourth-order valence-corrected chi connectivity index (χ4v) is 2.43. The van der Waals surface area contributed by atoms with Gasteiger partial charge < -0.3 is 19.3 Å². The standard InChI is InChI=1S/C17H22F2N2O4/c1-17(2,3)25-16(23)21-10-8-20(9-11-21)14(22)12-6-4-5-7-13(12)24-15(18)19/h4-7,15H,8-11H2,1-3H3. The summed E-state index contributed by atoms with van der Waals surface area (Å²) in [6.07, 6.45) is -0.430. The summed E-state index contributed by atoms with van der Waals surface area (Å²) < 4.78 is 34.7. The van der Waals surface area contributed by atoms with Crippen LogP contribution in [-0.4, -0.2) is 60.2 Å². The molecule has 25 heavy (non-hydrogen) atoms.